The number of nitrogens with zero attached hydrogens (tertiary/aromatic N) is 1. The molecule has 2 N–H and O–H groups in total. The van der Waals surface area contributed by atoms with Gasteiger partial charge in [-0.05, 0) is 49.1 Å². The number of aromatic nitrogens is 1. The SMILES string of the molecule is Cc1cc(CNC2CC2)cnc1Oc1cccc(CO)c1. The lowest BCUT2D eigenvalue weighted by molar-refractivity contribution is 0.281. The zero-order valence-corrected chi connectivity index (χ0v) is 12.2. The van der Waals surface area contributed by atoms with Gasteiger partial charge in [0.2, 0.25) is 5.88 Å². The van der Waals surface area contributed by atoms with Crippen LogP contribution in [0.25, 0.3) is 0 Å². The Balaban J connectivity index is 1.69. The van der Waals surface area contributed by atoms with E-state index in [9.17, 15) is 0 Å². The third-order valence-electron chi connectivity index (χ3n) is 3.55. The van der Waals surface area contributed by atoms with E-state index in [1.807, 2.05) is 37.4 Å². The predicted molar refractivity (Wildman–Crippen MR) is 81.3 cm³/mol. The van der Waals surface area contributed by atoms with Crippen molar-refractivity contribution in [3.63, 3.8) is 0 Å². The number of pyridine rings is 1. The normalized spacial score (nSPS) is 14.2. The second-order valence-corrected chi connectivity index (χ2v) is 5.53. The molecule has 3 rings (SSSR count). The van der Waals surface area contributed by atoms with Crippen molar-refractivity contribution in [2.75, 3.05) is 0 Å². The molecule has 0 radical (unpaired) electrons. The molecule has 0 amide bonds. The number of aliphatic hydroxyl groups is 1. The zero-order valence-electron chi connectivity index (χ0n) is 12.2. The van der Waals surface area contributed by atoms with E-state index in [0.29, 0.717) is 17.7 Å². The van der Waals surface area contributed by atoms with Gasteiger partial charge in [0.25, 0.3) is 0 Å². The Bertz CT molecular complexity index is 624. The van der Waals surface area contributed by atoms with E-state index in [4.69, 9.17) is 9.84 Å². The topological polar surface area (TPSA) is 54.4 Å². The number of hydrogen-bond acceptors (Lipinski definition) is 4. The second kappa shape index (κ2) is 6.24. The number of ether oxygens (including phenoxy) is 1. The first-order valence-electron chi connectivity index (χ1n) is 7.31. The molecule has 1 aliphatic rings. The van der Waals surface area contributed by atoms with Crippen molar-refractivity contribution in [3.8, 4) is 11.6 Å². The van der Waals surface area contributed by atoms with Crippen LogP contribution in [0.2, 0.25) is 0 Å². The highest BCUT2D eigenvalue weighted by atomic mass is 16.5. The van der Waals surface area contributed by atoms with Gasteiger partial charge in [-0.1, -0.05) is 12.1 Å². The minimum Gasteiger partial charge on any atom is -0.439 e. The van der Waals surface area contributed by atoms with Gasteiger partial charge < -0.3 is 15.2 Å². The molecular formula is C17H20N2O2. The Morgan fingerprint density at radius 1 is 1.29 bits per heavy atom. The molecule has 4 heteroatoms. The Kier molecular flexibility index (Phi) is 4.18. The Morgan fingerprint density at radius 2 is 2.14 bits per heavy atom. The average molecular weight is 284 g/mol. The first kappa shape index (κ1) is 14.0. The van der Waals surface area contributed by atoms with Crippen LogP contribution in [-0.4, -0.2) is 16.1 Å². The van der Waals surface area contributed by atoms with Crippen molar-refractivity contribution in [1.82, 2.24) is 10.3 Å². The van der Waals surface area contributed by atoms with E-state index in [0.717, 1.165) is 17.7 Å². The van der Waals surface area contributed by atoms with Gasteiger partial charge in [-0.25, -0.2) is 4.98 Å². The summed E-state index contributed by atoms with van der Waals surface area (Å²) in [5.41, 5.74) is 3.02. The first-order valence-corrected chi connectivity index (χ1v) is 7.31. The van der Waals surface area contributed by atoms with Crippen LogP contribution in [0.1, 0.15) is 29.5 Å². The molecule has 1 fully saturated rings. The molecule has 2 aromatic rings. The molecular weight excluding hydrogens is 264 g/mol. The van der Waals surface area contributed by atoms with E-state index < -0.39 is 0 Å². The highest BCUT2D eigenvalue weighted by Gasteiger charge is 2.20. The molecule has 4 nitrogen and oxygen atoms in total. The van der Waals surface area contributed by atoms with Crippen LogP contribution in [0.5, 0.6) is 11.6 Å². The summed E-state index contributed by atoms with van der Waals surface area (Å²) in [5, 5.41) is 12.6. The molecule has 1 aliphatic carbocycles. The summed E-state index contributed by atoms with van der Waals surface area (Å²) in [6.07, 6.45) is 4.43. The predicted octanol–water partition coefficient (Wildman–Crippen LogP) is 2.93. The number of aliphatic hydroxyl groups excluding tert-OH is 1. The monoisotopic (exact) mass is 284 g/mol. The minimum absolute atomic E-state index is 0.00931. The molecule has 1 heterocycles. The summed E-state index contributed by atoms with van der Waals surface area (Å²) in [6.45, 7) is 2.87. The van der Waals surface area contributed by atoms with Gasteiger partial charge in [-0.15, -0.1) is 0 Å². The fourth-order valence-corrected chi connectivity index (χ4v) is 2.19. The molecule has 1 aromatic carbocycles. The molecule has 0 unspecified atom stereocenters. The first-order chi connectivity index (χ1) is 10.2. The van der Waals surface area contributed by atoms with Crippen molar-refractivity contribution < 1.29 is 9.84 Å². The van der Waals surface area contributed by atoms with Crippen molar-refractivity contribution in [2.45, 2.75) is 39.0 Å². The summed E-state index contributed by atoms with van der Waals surface area (Å²) in [4.78, 5) is 4.40. The summed E-state index contributed by atoms with van der Waals surface area (Å²) >= 11 is 0. The maximum atomic E-state index is 9.15. The zero-order chi connectivity index (χ0) is 14.7. The summed E-state index contributed by atoms with van der Waals surface area (Å²) < 4.78 is 5.80. The minimum atomic E-state index is 0.00931. The molecule has 110 valence electrons. The quantitative estimate of drug-likeness (QED) is 0.856. The number of benzene rings is 1. The van der Waals surface area contributed by atoms with Gasteiger partial charge in [0, 0.05) is 24.3 Å². The second-order valence-electron chi connectivity index (χ2n) is 5.53. The van der Waals surface area contributed by atoms with Crippen molar-refractivity contribution in [1.29, 1.82) is 0 Å². The number of hydrogen-bond donors (Lipinski definition) is 2. The third-order valence-corrected chi connectivity index (χ3v) is 3.55. The maximum Gasteiger partial charge on any atom is 0.222 e. The van der Waals surface area contributed by atoms with Crippen LogP contribution in [0.15, 0.2) is 36.5 Å². The van der Waals surface area contributed by atoms with Crippen molar-refractivity contribution in [2.24, 2.45) is 0 Å². The van der Waals surface area contributed by atoms with Gasteiger partial charge in [0.15, 0.2) is 0 Å². The van der Waals surface area contributed by atoms with Gasteiger partial charge in [-0.3, -0.25) is 0 Å². The highest BCUT2D eigenvalue weighted by Crippen LogP contribution is 2.24. The standard InChI is InChI=1S/C17H20N2O2/c1-12-7-14(9-18-15-5-6-15)10-19-17(12)21-16-4-2-3-13(8-16)11-20/h2-4,7-8,10,15,18,20H,5-6,9,11H2,1H3. The molecule has 0 bridgehead atoms. The van der Waals surface area contributed by atoms with E-state index in [1.54, 1.807) is 0 Å². The lowest BCUT2D eigenvalue weighted by Crippen LogP contribution is -2.15. The van der Waals surface area contributed by atoms with Crippen molar-refractivity contribution in [3.05, 3.63) is 53.2 Å². The van der Waals surface area contributed by atoms with Crippen LogP contribution >= 0.6 is 0 Å². The van der Waals surface area contributed by atoms with Gasteiger partial charge in [0.1, 0.15) is 5.75 Å². The van der Waals surface area contributed by atoms with E-state index >= 15 is 0 Å². The van der Waals surface area contributed by atoms with E-state index in [-0.39, 0.29) is 6.61 Å². The molecule has 0 spiro atoms. The van der Waals surface area contributed by atoms with Gasteiger partial charge in [0.05, 0.1) is 6.61 Å². The van der Waals surface area contributed by atoms with Crippen LogP contribution in [0.3, 0.4) is 0 Å². The van der Waals surface area contributed by atoms with Crippen molar-refractivity contribution >= 4 is 0 Å². The number of rotatable bonds is 6. The fraction of sp³-hybridized carbons (Fsp3) is 0.353. The largest absolute Gasteiger partial charge is 0.439 e. The smallest absolute Gasteiger partial charge is 0.222 e. The Hall–Kier alpha value is -1.91. The molecule has 1 aromatic heterocycles. The highest BCUT2D eigenvalue weighted by molar-refractivity contribution is 5.35. The number of nitrogens with one attached hydrogen (secondary N) is 1. The van der Waals surface area contributed by atoms with Crippen LogP contribution in [0, 0.1) is 6.92 Å². The molecule has 0 saturated heterocycles. The Morgan fingerprint density at radius 3 is 2.86 bits per heavy atom. The lowest BCUT2D eigenvalue weighted by Gasteiger charge is -2.10. The van der Waals surface area contributed by atoms with Crippen LogP contribution in [0.4, 0.5) is 0 Å². The molecule has 21 heavy (non-hydrogen) atoms. The van der Waals surface area contributed by atoms with E-state index in [1.165, 1.54) is 18.4 Å². The van der Waals surface area contributed by atoms with E-state index in [2.05, 4.69) is 16.4 Å². The average Bonchev–Trinajstić information content (AvgIpc) is 3.32. The molecule has 1 saturated carbocycles. The van der Waals surface area contributed by atoms with Gasteiger partial charge in [-0.2, -0.15) is 0 Å². The molecule has 0 atom stereocenters. The van der Waals surface area contributed by atoms with Crippen LogP contribution < -0.4 is 10.1 Å². The summed E-state index contributed by atoms with van der Waals surface area (Å²) in [6, 6.07) is 10.2. The van der Waals surface area contributed by atoms with Crippen LogP contribution in [-0.2, 0) is 13.2 Å². The fourth-order valence-electron chi connectivity index (χ4n) is 2.19. The Labute approximate surface area is 124 Å². The third kappa shape index (κ3) is 3.80. The maximum absolute atomic E-state index is 9.15. The van der Waals surface area contributed by atoms with Gasteiger partial charge >= 0.3 is 0 Å². The number of aryl methyl sites for hydroxylation is 1. The molecule has 0 aliphatic heterocycles. The lowest BCUT2D eigenvalue weighted by atomic mass is 10.2. The summed E-state index contributed by atoms with van der Waals surface area (Å²) in [7, 11) is 0. The summed E-state index contributed by atoms with van der Waals surface area (Å²) in [5.74, 6) is 1.31.